The molecular weight excluding hydrogens is 240 g/mol. The standard InChI is InChI=1S/C13H19ClO3/c1-3-16-13(17-4-2)10-15-9-11-5-7-12(14)8-6-11/h5-8,13H,3-4,9-10H2,1-2H3. The first-order chi connectivity index (χ1) is 8.26. The summed E-state index contributed by atoms with van der Waals surface area (Å²) in [7, 11) is 0. The maximum atomic E-state index is 5.80. The van der Waals surface area contributed by atoms with E-state index in [9.17, 15) is 0 Å². The summed E-state index contributed by atoms with van der Waals surface area (Å²) in [6.07, 6.45) is -0.280. The fourth-order valence-electron chi connectivity index (χ4n) is 1.37. The van der Waals surface area contributed by atoms with Crippen molar-refractivity contribution in [2.75, 3.05) is 19.8 Å². The van der Waals surface area contributed by atoms with Crippen LogP contribution in [0, 0.1) is 0 Å². The van der Waals surface area contributed by atoms with Crippen LogP contribution in [-0.4, -0.2) is 26.1 Å². The molecule has 96 valence electrons. The van der Waals surface area contributed by atoms with Gasteiger partial charge in [-0.3, -0.25) is 0 Å². The average Bonchev–Trinajstić information content (AvgIpc) is 2.32. The molecule has 4 heteroatoms. The van der Waals surface area contributed by atoms with Crippen LogP contribution in [0.3, 0.4) is 0 Å². The third kappa shape index (κ3) is 6.03. The average molecular weight is 259 g/mol. The van der Waals surface area contributed by atoms with Crippen LogP contribution in [-0.2, 0) is 20.8 Å². The lowest BCUT2D eigenvalue weighted by Crippen LogP contribution is -2.23. The van der Waals surface area contributed by atoms with Crippen molar-refractivity contribution in [2.24, 2.45) is 0 Å². The Balaban J connectivity index is 2.27. The molecule has 0 saturated heterocycles. The molecule has 0 radical (unpaired) electrons. The molecule has 0 aliphatic heterocycles. The van der Waals surface area contributed by atoms with Gasteiger partial charge in [0.1, 0.15) is 0 Å². The summed E-state index contributed by atoms with van der Waals surface area (Å²) in [5.74, 6) is 0. The van der Waals surface area contributed by atoms with Crippen LogP contribution in [0.15, 0.2) is 24.3 Å². The summed E-state index contributed by atoms with van der Waals surface area (Å²) in [5.41, 5.74) is 1.08. The predicted octanol–water partition coefficient (Wildman–Crippen LogP) is 3.26. The van der Waals surface area contributed by atoms with Gasteiger partial charge in [0.15, 0.2) is 6.29 Å². The van der Waals surface area contributed by atoms with E-state index >= 15 is 0 Å². The van der Waals surface area contributed by atoms with Crippen molar-refractivity contribution in [1.82, 2.24) is 0 Å². The SMILES string of the molecule is CCOC(COCc1ccc(Cl)cc1)OCC. The number of rotatable bonds is 8. The molecule has 0 bridgehead atoms. The number of hydrogen-bond acceptors (Lipinski definition) is 3. The van der Waals surface area contributed by atoms with Crippen LogP contribution in [0.1, 0.15) is 19.4 Å². The molecule has 0 unspecified atom stereocenters. The van der Waals surface area contributed by atoms with Crippen molar-refractivity contribution < 1.29 is 14.2 Å². The highest BCUT2D eigenvalue weighted by Crippen LogP contribution is 2.10. The van der Waals surface area contributed by atoms with Gasteiger partial charge in [0.25, 0.3) is 0 Å². The summed E-state index contributed by atoms with van der Waals surface area (Å²) < 4.78 is 16.3. The zero-order valence-corrected chi connectivity index (χ0v) is 11.1. The lowest BCUT2D eigenvalue weighted by molar-refractivity contribution is -0.169. The molecule has 0 aromatic heterocycles. The fraction of sp³-hybridized carbons (Fsp3) is 0.538. The minimum atomic E-state index is -0.280. The number of ether oxygens (including phenoxy) is 3. The van der Waals surface area contributed by atoms with E-state index in [2.05, 4.69) is 0 Å². The van der Waals surface area contributed by atoms with Crippen LogP contribution in [0.25, 0.3) is 0 Å². The van der Waals surface area contributed by atoms with Gasteiger partial charge in [0.2, 0.25) is 0 Å². The third-order valence-corrected chi connectivity index (χ3v) is 2.39. The Labute approximate surface area is 108 Å². The minimum Gasteiger partial charge on any atom is -0.372 e. The van der Waals surface area contributed by atoms with Gasteiger partial charge in [-0.05, 0) is 31.5 Å². The first kappa shape index (κ1) is 14.5. The van der Waals surface area contributed by atoms with Crippen molar-refractivity contribution in [2.45, 2.75) is 26.7 Å². The van der Waals surface area contributed by atoms with Crippen LogP contribution in [0.2, 0.25) is 5.02 Å². The van der Waals surface area contributed by atoms with Gasteiger partial charge < -0.3 is 14.2 Å². The van der Waals surface area contributed by atoms with Gasteiger partial charge in [0.05, 0.1) is 13.2 Å². The first-order valence-corrected chi connectivity index (χ1v) is 6.19. The molecule has 1 rings (SSSR count). The molecule has 0 amide bonds. The Bertz CT molecular complexity index is 294. The molecule has 0 saturated carbocycles. The molecule has 1 aromatic rings. The smallest absolute Gasteiger partial charge is 0.180 e. The van der Waals surface area contributed by atoms with Crippen LogP contribution in [0.4, 0.5) is 0 Å². The molecule has 0 fully saturated rings. The van der Waals surface area contributed by atoms with E-state index in [0.717, 1.165) is 10.6 Å². The van der Waals surface area contributed by atoms with E-state index in [-0.39, 0.29) is 6.29 Å². The molecule has 0 heterocycles. The van der Waals surface area contributed by atoms with E-state index in [1.165, 1.54) is 0 Å². The quantitative estimate of drug-likeness (QED) is 0.670. The minimum absolute atomic E-state index is 0.280. The van der Waals surface area contributed by atoms with Crippen molar-refractivity contribution in [3.05, 3.63) is 34.9 Å². The van der Waals surface area contributed by atoms with Gasteiger partial charge in [-0.1, -0.05) is 23.7 Å². The van der Waals surface area contributed by atoms with Gasteiger partial charge in [-0.2, -0.15) is 0 Å². The number of hydrogen-bond donors (Lipinski definition) is 0. The van der Waals surface area contributed by atoms with Crippen molar-refractivity contribution >= 4 is 11.6 Å². The monoisotopic (exact) mass is 258 g/mol. The normalized spacial score (nSPS) is 11.1. The zero-order chi connectivity index (χ0) is 12.5. The van der Waals surface area contributed by atoms with E-state index in [4.69, 9.17) is 25.8 Å². The second kappa shape index (κ2) is 8.48. The highest BCUT2D eigenvalue weighted by Gasteiger charge is 2.07. The summed E-state index contributed by atoms with van der Waals surface area (Å²) >= 11 is 5.80. The first-order valence-electron chi connectivity index (χ1n) is 5.81. The Hall–Kier alpha value is -0.610. The number of benzene rings is 1. The lowest BCUT2D eigenvalue weighted by atomic mass is 10.2. The largest absolute Gasteiger partial charge is 0.372 e. The Kier molecular flexibility index (Phi) is 7.21. The highest BCUT2D eigenvalue weighted by atomic mass is 35.5. The predicted molar refractivity (Wildman–Crippen MR) is 68.1 cm³/mol. The van der Waals surface area contributed by atoms with E-state index in [1.807, 2.05) is 38.1 Å². The topological polar surface area (TPSA) is 27.7 Å². The van der Waals surface area contributed by atoms with Crippen LogP contribution < -0.4 is 0 Å². The molecule has 17 heavy (non-hydrogen) atoms. The maximum absolute atomic E-state index is 5.80. The molecule has 0 atom stereocenters. The number of halogens is 1. The molecular formula is C13H19ClO3. The summed E-state index contributed by atoms with van der Waals surface area (Å²) in [4.78, 5) is 0. The summed E-state index contributed by atoms with van der Waals surface area (Å²) in [6, 6.07) is 7.59. The molecule has 0 N–H and O–H groups in total. The molecule has 0 aliphatic carbocycles. The third-order valence-electron chi connectivity index (χ3n) is 2.14. The highest BCUT2D eigenvalue weighted by molar-refractivity contribution is 6.30. The van der Waals surface area contributed by atoms with Crippen LogP contribution >= 0.6 is 11.6 Å². The van der Waals surface area contributed by atoms with Gasteiger partial charge in [0, 0.05) is 18.2 Å². The lowest BCUT2D eigenvalue weighted by Gasteiger charge is -2.16. The maximum Gasteiger partial charge on any atom is 0.180 e. The fourth-order valence-corrected chi connectivity index (χ4v) is 1.50. The Morgan fingerprint density at radius 1 is 1.06 bits per heavy atom. The zero-order valence-electron chi connectivity index (χ0n) is 10.3. The molecule has 3 nitrogen and oxygen atoms in total. The summed E-state index contributed by atoms with van der Waals surface area (Å²) in [5, 5.41) is 0.732. The Morgan fingerprint density at radius 3 is 2.18 bits per heavy atom. The second-order valence-corrected chi connectivity index (χ2v) is 3.92. The second-order valence-electron chi connectivity index (χ2n) is 3.48. The van der Waals surface area contributed by atoms with Gasteiger partial charge in [-0.25, -0.2) is 0 Å². The molecule has 1 aromatic carbocycles. The van der Waals surface area contributed by atoms with E-state index in [1.54, 1.807) is 0 Å². The van der Waals surface area contributed by atoms with Gasteiger partial charge >= 0.3 is 0 Å². The van der Waals surface area contributed by atoms with E-state index < -0.39 is 0 Å². The summed E-state index contributed by atoms with van der Waals surface area (Å²) in [6.45, 7) is 6.08. The van der Waals surface area contributed by atoms with E-state index in [0.29, 0.717) is 26.4 Å². The van der Waals surface area contributed by atoms with Gasteiger partial charge in [-0.15, -0.1) is 0 Å². The Morgan fingerprint density at radius 2 is 1.65 bits per heavy atom. The molecule has 0 spiro atoms. The van der Waals surface area contributed by atoms with Crippen molar-refractivity contribution in [3.63, 3.8) is 0 Å². The molecule has 0 aliphatic rings. The van der Waals surface area contributed by atoms with Crippen LogP contribution in [0.5, 0.6) is 0 Å². The van der Waals surface area contributed by atoms with Crippen molar-refractivity contribution in [3.8, 4) is 0 Å². The van der Waals surface area contributed by atoms with Crippen molar-refractivity contribution in [1.29, 1.82) is 0 Å².